The van der Waals surface area contributed by atoms with Crippen molar-refractivity contribution < 1.29 is 28.6 Å². The molecule has 0 aliphatic rings. The van der Waals surface area contributed by atoms with Crippen LogP contribution in [-0.2, 0) is 28.6 Å². The maximum absolute atomic E-state index is 12.8. The summed E-state index contributed by atoms with van der Waals surface area (Å²) in [6.45, 7) is 11.4. The van der Waals surface area contributed by atoms with Crippen LogP contribution in [0.25, 0.3) is 0 Å². The molecule has 0 unspecified atom stereocenters. The summed E-state index contributed by atoms with van der Waals surface area (Å²) in [6, 6.07) is 0. The normalized spacial score (nSPS) is 12.1. The molecule has 0 bridgehead atoms. The summed E-state index contributed by atoms with van der Waals surface area (Å²) in [5, 5.41) is 0. The van der Waals surface area contributed by atoms with Crippen LogP contribution in [0.4, 0.5) is 0 Å². The molecule has 0 radical (unpaired) electrons. The van der Waals surface area contributed by atoms with Crippen LogP contribution in [-0.4, -0.2) is 37.2 Å². The van der Waals surface area contributed by atoms with E-state index in [1.54, 1.807) is 0 Å². The zero-order valence-corrected chi connectivity index (χ0v) is 40.4. The molecule has 6 heteroatoms. The minimum atomic E-state index is -0.761. The van der Waals surface area contributed by atoms with Gasteiger partial charge in [-0.05, 0) is 31.1 Å². The van der Waals surface area contributed by atoms with Crippen molar-refractivity contribution in [1.82, 2.24) is 0 Å². The van der Waals surface area contributed by atoms with E-state index < -0.39 is 6.10 Å². The molecule has 0 rings (SSSR count). The number of carbonyl (C=O) groups is 3. The van der Waals surface area contributed by atoms with Gasteiger partial charge >= 0.3 is 17.9 Å². The van der Waals surface area contributed by atoms with Crippen molar-refractivity contribution >= 4 is 17.9 Å². The molecule has 0 fully saturated rings. The Morgan fingerprint density at radius 3 is 0.831 bits per heavy atom. The fourth-order valence-corrected chi connectivity index (χ4v) is 7.99. The molecule has 0 aliphatic carbocycles. The molecular formula is C53H102O6. The number of ether oxygens (including phenoxy) is 3. The van der Waals surface area contributed by atoms with Crippen LogP contribution < -0.4 is 0 Å². The van der Waals surface area contributed by atoms with Crippen molar-refractivity contribution in [3.8, 4) is 0 Å². The van der Waals surface area contributed by atoms with Gasteiger partial charge in [0, 0.05) is 19.3 Å². The molecule has 6 nitrogen and oxygen atoms in total. The molecule has 59 heavy (non-hydrogen) atoms. The maximum atomic E-state index is 12.8. The molecule has 0 saturated heterocycles. The third kappa shape index (κ3) is 47.3. The zero-order valence-electron chi connectivity index (χ0n) is 40.4. The third-order valence-electron chi connectivity index (χ3n) is 12.0. The van der Waals surface area contributed by atoms with Crippen molar-refractivity contribution in [2.45, 2.75) is 298 Å². The van der Waals surface area contributed by atoms with Crippen LogP contribution in [0.5, 0.6) is 0 Å². The second kappa shape index (κ2) is 45.9. The Labute approximate surface area is 368 Å². The average molecular weight is 835 g/mol. The summed E-state index contributed by atoms with van der Waals surface area (Å²) in [4.78, 5) is 37.9. The van der Waals surface area contributed by atoms with E-state index in [-0.39, 0.29) is 31.1 Å². The molecule has 0 spiro atoms. The Bertz CT molecular complexity index is 900. The maximum Gasteiger partial charge on any atom is 0.306 e. The van der Waals surface area contributed by atoms with Gasteiger partial charge < -0.3 is 14.2 Å². The Balaban J connectivity index is 4.27. The van der Waals surface area contributed by atoms with E-state index in [1.807, 2.05) is 0 Å². The first-order valence-electron chi connectivity index (χ1n) is 26.2. The number of hydrogen-bond donors (Lipinski definition) is 0. The summed E-state index contributed by atoms with van der Waals surface area (Å²) in [5.74, 6) is 0.822. The summed E-state index contributed by atoms with van der Waals surface area (Å²) in [6.07, 6.45) is 46.6. The van der Waals surface area contributed by atoms with E-state index >= 15 is 0 Å². The highest BCUT2D eigenvalue weighted by atomic mass is 16.6. The monoisotopic (exact) mass is 835 g/mol. The lowest BCUT2D eigenvalue weighted by Crippen LogP contribution is -2.30. The van der Waals surface area contributed by atoms with Crippen LogP contribution in [0.3, 0.4) is 0 Å². The van der Waals surface area contributed by atoms with Crippen molar-refractivity contribution in [3.05, 3.63) is 0 Å². The summed E-state index contributed by atoms with van der Waals surface area (Å²) >= 11 is 0. The van der Waals surface area contributed by atoms with E-state index in [1.165, 1.54) is 180 Å². The van der Waals surface area contributed by atoms with E-state index in [0.29, 0.717) is 19.3 Å². The highest BCUT2D eigenvalue weighted by Gasteiger charge is 2.19. The Morgan fingerprint density at radius 2 is 0.559 bits per heavy atom. The van der Waals surface area contributed by atoms with Gasteiger partial charge in [0.15, 0.2) is 6.10 Å². The van der Waals surface area contributed by atoms with Crippen LogP contribution in [0.2, 0.25) is 0 Å². The predicted octanol–water partition coefficient (Wildman–Crippen LogP) is 16.9. The lowest BCUT2D eigenvalue weighted by atomic mass is 10.0. The largest absolute Gasteiger partial charge is 0.462 e. The Morgan fingerprint density at radius 1 is 0.322 bits per heavy atom. The number of hydrogen-bond acceptors (Lipinski definition) is 6. The van der Waals surface area contributed by atoms with Crippen LogP contribution in [0, 0.1) is 11.8 Å². The molecule has 0 saturated carbocycles. The van der Waals surface area contributed by atoms with Gasteiger partial charge in [0.05, 0.1) is 0 Å². The van der Waals surface area contributed by atoms with E-state index in [4.69, 9.17) is 14.2 Å². The van der Waals surface area contributed by atoms with E-state index in [0.717, 1.165) is 69.6 Å². The van der Waals surface area contributed by atoms with Crippen molar-refractivity contribution in [1.29, 1.82) is 0 Å². The first-order chi connectivity index (χ1) is 28.7. The summed E-state index contributed by atoms with van der Waals surface area (Å²) < 4.78 is 16.8. The lowest BCUT2D eigenvalue weighted by molar-refractivity contribution is -0.167. The average Bonchev–Trinajstić information content (AvgIpc) is 3.20. The number of unbranched alkanes of at least 4 members (excludes halogenated alkanes) is 32. The first kappa shape index (κ1) is 57.4. The van der Waals surface area contributed by atoms with Gasteiger partial charge in [-0.15, -0.1) is 0 Å². The van der Waals surface area contributed by atoms with Gasteiger partial charge in [-0.2, -0.15) is 0 Å². The van der Waals surface area contributed by atoms with Crippen molar-refractivity contribution in [3.63, 3.8) is 0 Å². The number of esters is 3. The fraction of sp³-hybridized carbons (Fsp3) is 0.943. The van der Waals surface area contributed by atoms with E-state index in [2.05, 4.69) is 34.6 Å². The fourth-order valence-electron chi connectivity index (χ4n) is 7.99. The van der Waals surface area contributed by atoms with Gasteiger partial charge in [0.25, 0.3) is 0 Å². The molecular weight excluding hydrogens is 733 g/mol. The highest BCUT2D eigenvalue weighted by Crippen LogP contribution is 2.17. The van der Waals surface area contributed by atoms with Gasteiger partial charge in [-0.25, -0.2) is 0 Å². The second-order valence-electron chi connectivity index (χ2n) is 19.1. The number of rotatable bonds is 47. The third-order valence-corrected chi connectivity index (χ3v) is 12.0. The van der Waals surface area contributed by atoms with E-state index in [9.17, 15) is 14.4 Å². The summed E-state index contributed by atoms with van der Waals surface area (Å²) in [7, 11) is 0. The minimum Gasteiger partial charge on any atom is -0.462 e. The SMILES string of the molecule is CCCCCCCCCCCCC(=O)OC[C@@H](COC(=O)CCCCCCCCCCCCCCCCC(C)C)OC(=O)CCCCCCCCCCCCCC(C)C. The van der Waals surface area contributed by atoms with Gasteiger partial charge in [-0.1, -0.05) is 253 Å². The quantitative estimate of drug-likeness (QED) is 0.0345. The molecule has 0 aromatic carbocycles. The first-order valence-corrected chi connectivity index (χ1v) is 26.2. The number of carbonyl (C=O) groups excluding carboxylic acids is 3. The standard InChI is InChI=1S/C53H102O6/c1-6-7-8-9-10-11-23-28-33-38-43-51(54)57-46-50(59-53(56)45-40-35-30-25-20-16-18-22-27-32-37-42-49(4)5)47-58-52(55)44-39-34-29-24-19-15-13-12-14-17-21-26-31-36-41-48(2)3/h48-50H,6-47H2,1-5H3/t50-/m0/s1. The molecule has 0 aromatic rings. The smallest absolute Gasteiger partial charge is 0.306 e. The highest BCUT2D eigenvalue weighted by molar-refractivity contribution is 5.71. The van der Waals surface area contributed by atoms with Gasteiger partial charge in [0.2, 0.25) is 0 Å². The molecule has 1 atom stereocenters. The minimum absolute atomic E-state index is 0.0635. The topological polar surface area (TPSA) is 78.9 Å². The molecule has 0 N–H and O–H groups in total. The second-order valence-corrected chi connectivity index (χ2v) is 19.1. The zero-order chi connectivity index (χ0) is 43.3. The lowest BCUT2D eigenvalue weighted by Gasteiger charge is -2.18. The van der Waals surface area contributed by atoms with Crippen molar-refractivity contribution in [2.24, 2.45) is 11.8 Å². The van der Waals surface area contributed by atoms with Crippen molar-refractivity contribution in [2.75, 3.05) is 13.2 Å². The Kier molecular flexibility index (Phi) is 44.7. The summed E-state index contributed by atoms with van der Waals surface area (Å²) in [5.41, 5.74) is 0. The molecule has 0 aromatic heterocycles. The van der Waals surface area contributed by atoms with Gasteiger partial charge in [-0.3, -0.25) is 14.4 Å². The molecule has 0 amide bonds. The van der Waals surface area contributed by atoms with Gasteiger partial charge in [0.1, 0.15) is 13.2 Å². The molecule has 0 heterocycles. The predicted molar refractivity (Wildman–Crippen MR) is 252 cm³/mol. The molecule has 0 aliphatic heterocycles. The molecule has 350 valence electrons. The Hall–Kier alpha value is -1.59. The van der Waals surface area contributed by atoms with Crippen LogP contribution in [0.15, 0.2) is 0 Å². The van der Waals surface area contributed by atoms with Crippen LogP contribution in [0.1, 0.15) is 291 Å². The van der Waals surface area contributed by atoms with Crippen LogP contribution >= 0.6 is 0 Å².